The van der Waals surface area contributed by atoms with Crippen molar-refractivity contribution in [3.63, 3.8) is 0 Å². The topological polar surface area (TPSA) is 12.5 Å². The lowest BCUT2D eigenvalue weighted by Gasteiger charge is -2.42. The first-order valence-corrected chi connectivity index (χ1v) is 4.99. The maximum absolute atomic E-state index is 12.7. The normalized spacial score (nSPS) is 25.8. The molecule has 1 heterocycles. The number of halogens is 1. The molecule has 1 rings (SSSR count). The highest BCUT2D eigenvalue weighted by Crippen LogP contribution is 2.19. The first kappa shape index (κ1) is 10.9. The van der Waals surface area contributed by atoms with Crippen LogP contribution in [0.5, 0.6) is 0 Å². The van der Waals surface area contributed by atoms with Gasteiger partial charge in [0.1, 0.15) is 0 Å². The van der Waals surface area contributed by atoms with Crippen LogP contribution >= 0.6 is 0 Å². The summed E-state index contributed by atoms with van der Waals surface area (Å²) < 4.78 is 18.0. The largest absolute Gasteiger partial charge is 0.378 e. The minimum atomic E-state index is -0.696. The molecule has 2 nitrogen and oxygen atoms in total. The van der Waals surface area contributed by atoms with Crippen LogP contribution in [0.3, 0.4) is 0 Å². The average molecular weight is 189 g/mol. The van der Waals surface area contributed by atoms with Gasteiger partial charge in [0.2, 0.25) is 0 Å². The molecular weight excluding hydrogens is 169 g/mol. The van der Waals surface area contributed by atoms with Crippen molar-refractivity contribution in [2.45, 2.75) is 38.9 Å². The Kier molecular flexibility index (Phi) is 3.68. The number of morpholine rings is 1. The maximum Gasteiger partial charge on any atom is 0.0985 e. The van der Waals surface area contributed by atoms with Gasteiger partial charge >= 0.3 is 0 Å². The van der Waals surface area contributed by atoms with E-state index in [1.54, 1.807) is 6.92 Å². The first-order valence-electron chi connectivity index (χ1n) is 4.99. The number of ether oxygens (including phenoxy) is 1. The summed E-state index contributed by atoms with van der Waals surface area (Å²) in [7, 11) is 0. The van der Waals surface area contributed by atoms with Gasteiger partial charge in [0.25, 0.3) is 0 Å². The maximum atomic E-state index is 12.7. The Morgan fingerprint density at radius 2 is 2.23 bits per heavy atom. The lowest BCUT2D eigenvalue weighted by atomic mass is 10.0. The Morgan fingerprint density at radius 1 is 1.54 bits per heavy atom. The van der Waals surface area contributed by atoms with Crippen molar-refractivity contribution in [1.82, 2.24) is 4.90 Å². The van der Waals surface area contributed by atoms with Crippen molar-refractivity contribution in [2.75, 3.05) is 26.3 Å². The molecule has 0 aromatic rings. The average Bonchev–Trinajstić information content (AvgIpc) is 2.01. The molecule has 0 aromatic carbocycles. The van der Waals surface area contributed by atoms with Gasteiger partial charge in [0, 0.05) is 18.6 Å². The predicted octanol–water partition coefficient (Wildman–Crippen LogP) is 1.85. The third-order valence-corrected chi connectivity index (χ3v) is 2.61. The first-order chi connectivity index (χ1) is 6.02. The Balaban J connectivity index is 2.37. The highest BCUT2D eigenvalue weighted by molar-refractivity contribution is 4.84. The van der Waals surface area contributed by atoms with Crippen molar-refractivity contribution in [3.05, 3.63) is 0 Å². The van der Waals surface area contributed by atoms with Crippen LogP contribution in [0.15, 0.2) is 0 Å². The fourth-order valence-corrected chi connectivity index (χ4v) is 1.64. The van der Waals surface area contributed by atoms with Crippen molar-refractivity contribution in [3.8, 4) is 0 Å². The minimum Gasteiger partial charge on any atom is -0.378 e. The second-order valence-corrected chi connectivity index (χ2v) is 4.42. The van der Waals surface area contributed by atoms with Crippen molar-refractivity contribution in [1.29, 1.82) is 0 Å². The minimum absolute atomic E-state index is 0.0765. The third-order valence-electron chi connectivity index (χ3n) is 2.61. The second-order valence-electron chi connectivity index (χ2n) is 4.42. The van der Waals surface area contributed by atoms with Gasteiger partial charge in [-0.3, -0.25) is 4.90 Å². The van der Waals surface area contributed by atoms with Crippen LogP contribution in [0.25, 0.3) is 0 Å². The van der Waals surface area contributed by atoms with E-state index in [4.69, 9.17) is 4.74 Å². The smallest absolute Gasteiger partial charge is 0.0985 e. The Labute approximate surface area is 80.1 Å². The van der Waals surface area contributed by atoms with Crippen LogP contribution in [0, 0.1) is 0 Å². The zero-order chi connectivity index (χ0) is 9.90. The fraction of sp³-hybridized carbons (Fsp3) is 1.00. The number of nitrogens with zero attached hydrogens (tertiary/aromatic N) is 1. The zero-order valence-corrected chi connectivity index (χ0v) is 8.85. The molecule has 0 amide bonds. The van der Waals surface area contributed by atoms with Crippen molar-refractivity contribution in [2.24, 2.45) is 0 Å². The molecule has 1 unspecified atom stereocenters. The van der Waals surface area contributed by atoms with E-state index in [0.29, 0.717) is 6.42 Å². The van der Waals surface area contributed by atoms with E-state index < -0.39 is 6.17 Å². The van der Waals surface area contributed by atoms with Gasteiger partial charge in [-0.2, -0.15) is 0 Å². The Hall–Kier alpha value is -0.150. The summed E-state index contributed by atoms with van der Waals surface area (Å²) >= 11 is 0. The number of hydrogen-bond acceptors (Lipinski definition) is 2. The lowest BCUT2D eigenvalue weighted by molar-refractivity contribution is -0.0529. The highest BCUT2D eigenvalue weighted by Gasteiger charge is 2.29. The Morgan fingerprint density at radius 3 is 2.77 bits per heavy atom. The van der Waals surface area contributed by atoms with Gasteiger partial charge in [0.05, 0.1) is 19.4 Å². The van der Waals surface area contributed by atoms with Crippen LogP contribution in [0.4, 0.5) is 4.39 Å². The van der Waals surface area contributed by atoms with Crippen LogP contribution in [-0.4, -0.2) is 42.9 Å². The van der Waals surface area contributed by atoms with E-state index in [1.807, 2.05) is 0 Å². The quantitative estimate of drug-likeness (QED) is 0.671. The molecule has 0 bridgehead atoms. The van der Waals surface area contributed by atoms with Gasteiger partial charge in [0.15, 0.2) is 0 Å². The summed E-state index contributed by atoms with van der Waals surface area (Å²) in [5.41, 5.74) is 0.0765. The molecule has 3 heteroatoms. The van der Waals surface area contributed by atoms with Crippen LogP contribution < -0.4 is 0 Å². The van der Waals surface area contributed by atoms with Gasteiger partial charge in [-0.15, -0.1) is 0 Å². The predicted molar refractivity (Wildman–Crippen MR) is 51.7 cm³/mol. The molecule has 78 valence electrons. The molecular formula is C10H20FNO. The molecule has 1 fully saturated rings. The number of rotatable bonds is 3. The SMILES string of the molecule is CC(F)CCN1CCOCC1(C)C. The van der Waals surface area contributed by atoms with E-state index in [9.17, 15) is 4.39 Å². The lowest BCUT2D eigenvalue weighted by Crippen LogP contribution is -2.53. The van der Waals surface area contributed by atoms with Gasteiger partial charge in [-0.1, -0.05) is 0 Å². The van der Waals surface area contributed by atoms with E-state index in [-0.39, 0.29) is 5.54 Å². The fourth-order valence-electron chi connectivity index (χ4n) is 1.64. The molecule has 1 saturated heterocycles. The van der Waals surface area contributed by atoms with Crippen LogP contribution in [-0.2, 0) is 4.74 Å². The van der Waals surface area contributed by atoms with Crippen LogP contribution in [0.2, 0.25) is 0 Å². The molecule has 0 radical (unpaired) electrons. The monoisotopic (exact) mass is 189 g/mol. The summed E-state index contributed by atoms with van der Waals surface area (Å²) in [5, 5.41) is 0. The molecule has 0 saturated carbocycles. The molecule has 0 spiro atoms. The molecule has 0 aliphatic carbocycles. The summed E-state index contributed by atoms with van der Waals surface area (Å²) in [6.45, 7) is 9.23. The third kappa shape index (κ3) is 3.24. The number of hydrogen-bond donors (Lipinski definition) is 0. The van der Waals surface area contributed by atoms with E-state index in [1.165, 1.54) is 0 Å². The summed E-state index contributed by atoms with van der Waals surface area (Å²) in [5.74, 6) is 0. The molecule has 1 atom stereocenters. The second kappa shape index (κ2) is 4.38. The van der Waals surface area contributed by atoms with Crippen LogP contribution in [0.1, 0.15) is 27.2 Å². The molecule has 0 aromatic heterocycles. The highest BCUT2D eigenvalue weighted by atomic mass is 19.1. The van der Waals surface area contributed by atoms with Gasteiger partial charge in [-0.05, 0) is 27.2 Å². The standard InChI is InChI=1S/C10H20FNO/c1-9(11)4-5-12-6-7-13-8-10(12,2)3/h9H,4-8H2,1-3H3. The Bertz CT molecular complexity index is 159. The molecule has 13 heavy (non-hydrogen) atoms. The van der Waals surface area contributed by atoms with Crippen molar-refractivity contribution >= 4 is 0 Å². The van der Waals surface area contributed by atoms with E-state index in [2.05, 4.69) is 18.7 Å². The summed E-state index contributed by atoms with van der Waals surface area (Å²) in [6, 6.07) is 0. The molecule has 1 aliphatic rings. The van der Waals surface area contributed by atoms with Gasteiger partial charge in [-0.25, -0.2) is 4.39 Å². The zero-order valence-electron chi connectivity index (χ0n) is 8.85. The number of alkyl halides is 1. The molecule has 0 N–H and O–H groups in total. The summed E-state index contributed by atoms with van der Waals surface area (Å²) in [6.07, 6.45) is -0.0673. The van der Waals surface area contributed by atoms with Gasteiger partial charge < -0.3 is 4.74 Å². The van der Waals surface area contributed by atoms with E-state index >= 15 is 0 Å². The molecule has 1 aliphatic heterocycles. The van der Waals surface area contributed by atoms with Crippen molar-refractivity contribution < 1.29 is 9.13 Å². The summed E-state index contributed by atoms with van der Waals surface area (Å²) in [4.78, 5) is 2.31. The van der Waals surface area contributed by atoms with E-state index in [0.717, 1.165) is 26.3 Å².